The lowest BCUT2D eigenvalue weighted by Crippen LogP contribution is -2.54. The lowest BCUT2D eigenvalue weighted by Gasteiger charge is -2.29. The summed E-state index contributed by atoms with van der Waals surface area (Å²) in [5, 5.41) is 11.4. The third-order valence-corrected chi connectivity index (χ3v) is 4.82. The highest BCUT2D eigenvalue weighted by Gasteiger charge is 2.34. The van der Waals surface area contributed by atoms with Gasteiger partial charge < -0.3 is 9.84 Å². The number of halogens is 1. The fourth-order valence-corrected chi connectivity index (χ4v) is 3.38. The zero-order chi connectivity index (χ0) is 21.1. The topological polar surface area (TPSA) is 95.9 Å². The average Bonchev–Trinajstić information content (AvgIpc) is 2.67. The van der Waals surface area contributed by atoms with E-state index in [-0.39, 0.29) is 16.2 Å². The van der Waals surface area contributed by atoms with E-state index in [0.29, 0.717) is 23.6 Å². The number of carbonyl (C=O) groups is 3. The number of thiocarbonyl (C=S) groups is 1. The summed E-state index contributed by atoms with van der Waals surface area (Å²) in [5.74, 6) is -1.81. The van der Waals surface area contributed by atoms with E-state index in [1.54, 1.807) is 18.2 Å². The van der Waals surface area contributed by atoms with Crippen LogP contribution in [-0.2, 0) is 9.59 Å². The smallest absolute Gasteiger partial charge is 0.335 e. The summed E-state index contributed by atoms with van der Waals surface area (Å²) in [6, 6.07) is 10.9. The van der Waals surface area contributed by atoms with Crippen LogP contribution in [0.15, 0.2) is 52.5 Å². The van der Waals surface area contributed by atoms with Crippen LogP contribution in [0.3, 0.4) is 0 Å². The highest BCUT2D eigenvalue weighted by Crippen LogP contribution is 2.28. The molecule has 2 amide bonds. The normalized spacial score (nSPS) is 15.4. The standard InChI is InChI=1S/C20H15BrN2O5S/c1-2-28-16-8-5-13(21)9-12(16)10-15-17(24)22-20(29)23(18(15)25)14-6-3-11(4-7-14)19(26)27/h3-10H,2H2,1H3,(H,26,27)(H,22,24,29)/b15-10+. The van der Waals surface area contributed by atoms with Gasteiger partial charge in [0.2, 0.25) is 0 Å². The second-order valence-electron chi connectivity index (χ2n) is 5.93. The molecule has 0 spiro atoms. The van der Waals surface area contributed by atoms with E-state index in [0.717, 1.165) is 9.37 Å². The molecule has 0 aromatic heterocycles. The number of rotatable bonds is 5. The summed E-state index contributed by atoms with van der Waals surface area (Å²) in [5.41, 5.74) is 0.836. The minimum atomic E-state index is -1.09. The van der Waals surface area contributed by atoms with Gasteiger partial charge >= 0.3 is 5.97 Å². The summed E-state index contributed by atoms with van der Waals surface area (Å²) >= 11 is 8.52. The van der Waals surface area contributed by atoms with Crippen LogP contribution in [0.1, 0.15) is 22.8 Å². The van der Waals surface area contributed by atoms with Gasteiger partial charge in [0.1, 0.15) is 11.3 Å². The molecular formula is C20H15BrN2O5S. The predicted octanol–water partition coefficient (Wildman–Crippen LogP) is 3.38. The molecule has 29 heavy (non-hydrogen) atoms. The molecule has 2 N–H and O–H groups in total. The fraction of sp³-hybridized carbons (Fsp3) is 0.100. The minimum absolute atomic E-state index is 0.0689. The number of anilines is 1. The molecule has 0 aliphatic carbocycles. The second kappa shape index (κ2) is 8.54. The van der Waals surface area contributed by atoms with E-state index in [1.807, 2.05) is 6.92 Å². The zero-order valence-corrected chi connectivity index (χ0v) is 17.5. The number of amides is 2. The van der Waals surface area contributed by atoms with E-state index in [2.05, 4.69) is 21.2 Å². The predicted molar refractivity (Wildman–Crippen MR) is 115 cm³/mol. The number of aromatic carboxylic acids is 1. The van der Waals surface area contributed by atoms with Crippen molar-refractivity contribution in [3.63, 3.8) is 0 Å². The summed E-state index contributed by atoms with van der Waals surface area (Å²) in [7, 11) is 0. The molecule has 0 unspecified atom stereocenters. The molecule has 0 saturated carbocycles. The van der Waals surface area contributed by atoms with Gasteiger partial charge in [-0.15, -0.1) is 0 Å². The van der Waals surface area contributed by atoms with Gasteiger partial charge in [-0.25, -0.2) is 4.79 Å². The van der Waals surface area contributed by atoms with Gasteiger partial charge in [0.25, 0.3) is 11.8 Å². The number of nitrogens with zero attached hydrogens (tertiary/aromatic N) is 1. The third kappa shape index (κ3) is 4.36. The van der Waals surface area contributed by atoms with Crippen molar-refractivity contribution in [1.82, 2.24) is 5.32 Å². The molecule has 0 bridgehead atoms. The number of hydrogen-bond donors (Lipinski definition) is 2. The van der Waals surface area contributed by atoms with Gasteiger partial charge in [-0.2, -0.15) is 0 Å². The van der Waals surface area contributed by atoms with Crippen molar-refractivity contribution in [2.75, 3.05) is 11.5 Å². The molecule has 0 atom stereocenters. The van der Waals surface area contributed by atoms with E-state index >= 15 is 0 Å². The number of carbonyl (C=O) groups excluding carboxylic acids is 2. The molecule has 2 aromatic carbocycles. The van der Waals surface area contributed by atoms with Crippen molar-refractivity contribution in [1.29, 1.82) is 0 Å². The Morgan fingerprint density at radius 2 is 1.93 bits per heavy atom. The Bertz CT molecular complexity index is 1050. The molecule has 1 fully saturated rings. The first-order valence-electron chi connectivity index (χ1n) is 8.49. The van der Waals surface area contributed by atoms with Crippen molar-refractivity contribution in [2.24, 2.45) is 0 Å². The molecule has 1 aliphatic heterocycles. The molecular weight excluding hydrogens is 460 g/mol. The van der Waals surface area contributed by atoms with E-state index < -0.39 is 17.8 Å². The van der Waals surface area contributed by atoms with Crippen LogP contribution in [0, 0.1) is 0 Å². The molecule has 2 aromatic rings. The summed E-state index contributed by atoms with van der Waals surface area (Å²) in [6.07, 6.45) is 1.44. The van der Waals surface area contributed by atoms with Crippen molar-refractivity contribution in [3.05, 3.63) is 63.6 Å². The molecule has 0 radical (unpaired) electrons. The van der Waals surface area contributed by atoms with Crippen LogP contribution >= 0.6 is 28.1 Å². The second-order valence-corrected chi connectivity index (χ2v) is 7.23. The quantitative estimate of drug-likeness (QED) is 0.391. The maximum absolute atomic E-state index is 13.1. The first-order chi connectivity index (χ1) is 13.8. The third-order valence-electron chi connectivity index (χ3n) is 4.05. The van der Waals surface area contributed by atoms with Gasteiger partial charge in [0.15, 0.2) is 5.11 Å². The fourth-order valence-electron chi connectivity index (χ4n) is 2.72. The molecule has 3 rings (SSSR count). The highest BCUT2D eigenvalue weighted by molar-refractivity contribution is 9.10. The molecule has 1 heterocycles. The molecule has 1 aliphatic rings. The Morgan fingerprint density at radius 1 is 1.24 bits per heavy atom. The van der Waals surface area contributed by atoms with Gasteiger partial charge in [0.05, 0.1) is 17.9 Å². The maximum Gasteiger partial charge on any atom is 0.335 e. The highest BCUT2D eigenvalue weighted by atomic mass is 79.9. The number of benzene rings is 2. The van der Waals surface area contributed by atoms with E-state index in [9.17, 15) is 14.4 Å². The molecule has 148 valence electrons. The van der Waals surface area contributed by atoms with Gasteiger partial charge in [-0.05, 0) is 67.7 Å². The zero-order valence-electron chi connectivity index (χ0n) is 15.1. The Hall–Kier alpha value is -3.04. The van der Waals surface area contributed by atoms with Gasteiger partial charge in [-0.3, -0.25) is 19.8 Å². The summed E-state index contributed by atoms with van der Waals surface area (Å²) < 4.78 is 6.33. The largest absolute Gasteiger partial charge is 0.493 e. The molecule has 9 heteroatoms. The van der Waals surface area contributed by atoms with Crippen molar-refractivity contribution in [2.45, 2.75) is 6.92 Å². The lowest BCUT2D eigenvalue weighted by atomic mass is 10.1. The summed E-state index contributed by atoms with van der Waals surface area (Å²) in [4.78, 5) is 37.7. The van der Waals surface area contributed by atoms with E-state index in [4.69, 9.17) is 22.1 Å². The van der Waals surface area contributed by atoms with Gasteiger partial charge in [0, 0.05) is 10.0 Å². The lowest BCUT2D eigenvalue weighted by molar-refractivity contribution is -0.122. The Morgan fingerprint density at radius 3 is 2.55 bits per heavy atom. The van der Waals surface area contributed by atoms with Crippen molar-refractivity contribution >= 4 is 62.8 Å². The van der Waals surface area contributed by atoms with Crippen LogP contribution in [-0.4, -0.2) is 34.6 Å². The van der Waals surface area contributed by atoms with Crippen molar-refractivity contribution < 1.29 is 24.2 Å². The molecule has 1 saturated heterocycles. The van der Waals surface area contributed by atoms with Crippen molar-refractivity contribution in [3.8, 4) is 5.75 Å². The minimum Gasteiger partial charge on any atom is -0.493 e. The Labute approximate surface area is 180 Å². The SMILES string of the molecule is CCOc1ccc(Br)cc1/C=C1\C(=O)NC(=S)N(c2ccc(C(=O)O)cc2)C1=O. The van der Waals surface area contributed by atoms with Crippen LogP contribution in [0.2, 0.25) is 0 Å². The average molecular weight is 475 g/mol. The first-order valence-corrected chi connectivity index (χ1v) is 9.69. The number of nitrogens with one attached hydrogen (secondary N) is 1. The van der Waals surface area contributed by atoms with Crippen LogP contribution in [0.25, 0.3) is 6.08 Å². The summed E-state index contributed by atoms with van der Waals surface area (Å²) in [6.45, 7) is 2.25. The number of hydrogen-bond acceptors (Lipinski definition) is 5. The first kappa shape index (κ1) is 20.7. The monoisotopic (exact) mass is 474 g/mol. The van der Waals surface area contributed by atoms with Crippen LogP contribution in [0.4, 0.5) is 5.69 Å². The number of carboxylic acid groups (broad SMARTS) is 1. The Kier molecular flexibility index (Phi) is 6.09. The van der Waals surface area contributed by atoms with Crippen LogP contribution < -0.4 is 15.0 Å². The number of ether oxygens (including phenoxy) is 1. The van der Waals surface area contributed by atoms with E-state index in [1.165, 1.54) is 30.3 Å². The molecule has 7 nitrogen and oxygen atoms in total. The maximum atomic E-state index is 13.1. The van der Waals surface area contributed by atoms with Gasteiger partial charge in [-0.1, -0.05) is 15.9 Å². The number of carboxylic acids is 1. The van der Waals surface area contributed by atoms with Crippen LogP contribution in [0.5, 0.6) is 5.75 Å². The Balaban J connectivity index is 2.02.